The molecule has 1 heterocycles. The monoisotopic (exact) mass is 482 g/mol. The number of aldehydes is 1. The number of hydrogen-bond donors (Lipinski definition) is 5. The molecule has 0 aliphatic carbocycles. The molecule has 2 amide bonds. The Morgan fingerprint density at radius 3 is 1.74 bits per heavy atom. The van der Waals surface area contributed by atoms with Gasteiger partial charge in [-0.3, -0.25) is 9.59 Å². The summed E-state index contributed by atoms with van der Waals surface area (Å²) in [5.41, 5.74) is -3.20. The van der Waals surface area contributed by atoms with Crippen LogP contribution in [-0.4, -0.2) is 76.0 Å². The van der Waals surface area contributed by atoms with Crippen LogP contribution in [-0.2, 0) is 4.79 Å². The van der Waals surface area contributed by atoms with Crippen molar-refractivity contribution in [2.24, 2.45) is 0 Å². The average molecular weight is 482 g/mol. The van der Waals surface area contributed by atoms with E-state index < -0.39 is 90.0 Å². The number of hydrogen-bond acceptors (Lipinski definition) is 7. The Labute approximate surface area is 189 Å². The first kappa shape index (κ1) is 25.4. The number of halogens is 4. The number of nitrogens with zero attached hydrogens (tertiary/aromatic N) is 1. The van der Waals surface area contributed by atoms with E-state index in [0.29, 0.717) is 30.6 Å². The largest absolute Gasteiger partial charge is 0.488 e. The zero-order valence-corrected chi connectivity index (χ0v) is 17.1. The van der Waals surface area contributed by atoms with Crippen LogP contribution >= 0.6 is 0 Å². The van der Waals surface area contributed by atoms with Gasteiger partial charge in [0.25, 0.3) is 11.8 Å². The molecule has 0 aromatic heterocycles. The van der Waals surface area contributed by atoms with Crippen LogP contribution in [0.3, 0.4) is 0 Å². The molecule has 1 aliphatic rings. The van der Waals surface area contributed by atoms with Crippen LogP contribution in [0.1, 0.15) is 27.1 Å². The molecule has 1 saturated heterocycles. The van der Waals surface area contributed by atoms with Gasteiger partial charge in [-0.25, -0.2) is 17.6 Å². The third-order valence-corrected chi connectivity index (χ3v) is 5.26. The van der Waals surface area contributed by atoms with Crippen molar-refractivity contribution in [3.05, 3.63) is 58.7 Å². The summed E-state index contributed by atoms with van der Waals surface area (Å²) in [6.07, 6.45) is 0.0681. The Balaban J connectivity index is 1.81. The van der Waals surface area contributed by atoms with Gasteiger partial charge >= 0.3 is 14.2 Å². The van der Waals surface area contributed by atoms with Crippen LogP contribution < -0.4 is 16.2 Å². The highest BCUT2D eigenvalue weighted by Crippen LogP contribution is 2.23. The van der Waals surface area contributed by atoms with Crippen LogP contribution in [0.2, 0.25) is 0 Å². The van der Waals surface area contributed by atoms with E-state index in [1.54, 1.807) is 0 Å². The van der Waals surface area contributed by atoms with Gasteiger partial charge in [-0.2, -0.15) is 0 Å². The number of carbonyl (C=O) groups excluding carboxylic acids is 3. The van der Waals surface area contributed by atoms with Crippen LogP contribution in [0.15, 0.2) is 24.3 Å². The maximum atomic E-state index is 14.3. The fourth-order valence-corrected chi connectivity index (χ4v) is 3.64. The van der Waals surface area contributed by atoms with Crippen molar-refractivity contribution in [1.82, 2.24) is 10.2 Å². The standard InChI is InChI=1S/C19H16B2F4N2O7/c22-12-1-8(20(31)32)2-13(23)16(12)18(29)26-10-5-11(7-28)27(6-10)19(30)17-14(24)3-9(21(33)34)4-15(17)25/h1-4,7,10-11,31-34H,5-6H2,(H,26,29). The highest BCUT2D eigenvalue weighted by atomic mass is 19.1. The SMILES string of the molecule is O=CC1CC(NC(=O)c2c(F)cc(B(O)O)cc2F)CN1C(=O)c1c(F)cc(B(O)O)cc1F. The van der Waals surface area contributed by atoms with E-state index in [0.717, 1.165) is 4.90 Å². The van der Waals surface area contributed by atoms with Gasteiger partial charge < -0.3 is 35.1 Å². The lowest BCUT2D eigenvalue weighted by Gasteiger charge is -2.21. The summed E-state index contributed by atoms with van der Waals surface area (Å²) in [4.78, 5) is 37.3. The fraction of sp³-hybridized carbons (Fsp3) is 0.211. The van der Waals surface area contributed by atoms with Crippen molar-refractivity contribution in [3.63, 3.8) is 0 Å². The second kappa shape index (κ2) is 9.93. The van der Waals surface area contributed by atoms with Crippen molar-refractivity contribution in [2.45, 2.75) is 18.5 Å². The molecule has 9 nitrogen and oxygen atoms in total. The van der Waals surface area contributed by atoms with Gasteiger partial charge in [-0.15, -0.1) is 0 Å². The summed E-state index contributed by atoms with van der Waals surface area (Å²) in [7, 11) is -4.38. The minimum absolute atomic E-state index is 0.228. The molecular formula is C19H16B2F4N2O7. The summed E-state index contributed by atoms with van der Waals surface area (Å²) in [5, 5.41) is 38.4. The number of rotatable bonds is 6. The van der Waals surface area contributed by atoms with Gasteiger partial charge in [0.2, 0.25) is 0 Å². The summed E-state index contributed by atoms with van der Waals surface area (Å²) in [5.74, 6) is -8.15. The molecule has 1 aliphatic heterocycles. The first-order chi connectivity index (χ1) is 15.9. The second-order valence-corrected chi connectivity index (χ2v) is 7.53. The zero-order valence-electron chi connectivity index (χ0n) is 17.1. The topological polar surface area (TPSA) is 147 Å². The molecular weight excluding hydrogens is 466 g/mol. The van der Waals surface area contributed by atoms with Crippen molar-refractivity contribution < 1.29 is 52.0 Å². The fourth-order valence-electron chi connectivity index (χ4n) is 3.64. The van der Waals surface area contributed by atoms with E-state index in [2.05, 4.69) is 5.32 Å². The number of likely N-dealkylation sites (tertiary alicyclic amines) is 1. The summed E-state index contributed by atoms with van der Waals surface area (Å²) < 4.78 is 57.0. The number of nitrogens with one attached hydrogen (secondary N) is 1. The van der Waals surface area contributed by atoms with E-state index in [1.165, 1.54) is 0 Å². The van der Waals surface area contributed by atoms with E-state index in [4.69, 9.17) is 20.1 Å². The maximum absolute atomic E-state index is 14.3. The smallest absolute Gasteiger partial charge is 0.423 e. The minimum atomic E-state index is -2.20. The Bertz CT molecular complexity index is 1110. The molecule has 3 rings (SSSR count). The third kappa shape index (κ3) is 4.97. The van der Waals surface area contributed by atoms with Gasteiger partial charge in [-0.1, -0.05) is 0 Å². The number of benzene rings is 2. The lowest BCUT2D eigenvalue weighted by Crippen LogP contribution is -2.41. The molecule has 2 atom stereocenters. The maximum Gasteiger partial charge on any atom is 0.488 e. The average Bonchev–Trinajstić information content (AvgIpc) is 3.15. The Hall–Kier alpha value is -3.26. The van der Waals surface area contributed by atoms with Gasteiger partial charge in [0.05, 0.1) is 6.04 Å². The minimum Gasteiger partial charge on any atom is -0.423 e. The van der Waals surface area contributed by atoms with Crippen molar-refractivity contribution >= 4 is 43.3 Å². The molecule has 178 valence electrons. The van der Waals surface area contributed by atoms with Gasteiger partial charge in [0.1, 0.15) is 40.7 Å². The van der Waals surface area contributed by atoms with Crippen LogP contribution in [0.4, 0.5) is 17.6 Å². The first-order valence-corrected chi connectivity index (χ1v) is 9.71. The molecule has 5 N–H and O–H groups in total. The molecule has 0 saturated carbocycles. The molecule has 34 heavy (non-hydrogen) atoms. The van der Waals surface area contributed by atoms with Gasteiger partial charge in [-0.05, 0) is 41.6 Å². The van der Waals surface area contributed by atoms with Crippen molar-refractivity contribution in [3.8, 4) is 0 Å². The van der Waals surface area contributed by atoms with Crippen LogP contribution in [0, 0.1) is 23.3 Å². The van der Waals surface area contributed by atoms with Crippen LogP contribution in [0.25, 0.3) is 0 Å². The lowest BCUT2D eigenvalue weighted by molar-refractivity contribution is -0.111. The third-order valence-electron chi connectivity index (χ3n) is 5.26. The highest BCUT2D eigenvalue weighted by molar-refractivity contribution is 6.59. The number of amides is 2. The quantitative estimate of drug-likeness (QED) is 0.179. The van der Waals surface area contributed by atoms with E-state index >= 15 is 0 Å². The zero-order chi connectivity index (χ0) is 25.3. The molecule has 2 aromatic carbocycles. The summed E-state index contributed by atoms with van der Waals surface area (Å²) in [6.45, 7) is -0.437. The summed E-state index contributed by atoms with van der Waals surface area (Å²) in [6, 6.07) is -0.116. The van der Waals surface area contributed by atoms with E-state index in [-0.39, 0.29) is 6.42 Å². The first-order valence-electron chi connectivity index (χ1n) is 9.71. The lowest BCUT2D eigenvalue weighted by atomic mass is 9.79. The summed E-state index contributed by atoms with van der Waals surface area (Å²) >= 11 is 0. The second-order valence-electron chi connectivity index (χ2n) is 7.53. The van der Waals surface area contributed by atoms with Crippen LogP contribution in [0.5, 0.6) is 0 Å². The molecule has 1 fully saturated rings. The van der Waals surface area contributed by atoms with E-state index in [9.17, 15) is 31.9 Å². The van der Waals surface area contributed by atoms with Gasteiger partial charge in [0, 0.05) is 12.6 Å². The molecule has 0 bridgehead atoms. The van der Waals surface area contributed by atoms with Gasteiger partial charge in [0.15, 0.2) is 0 Å². The molecule has 0 spiro atoms. The Kier molecular flexibility index (Phi) is 7.41. The van der Waals surface area contributed by atoms with Crippen molar-refractivity contribution in [1.29, 1.82) is 0 Å². The normalized spacial score (nSPS) is 17.5. The Morgan fingerprint density at radius 1 is 0.882 bits per heavy atom. The van der Waals surface area contributed by atoms with E-state index in [1.807, 2.05) is 0 Å². The molecule has 0 radical (unpaired) electrons. The molecule has 15 heteroatoms. The predicted molar refractivity (Wildman–Crippen MR) is 109 cm³/mol. The Morgan fingerprint density at radius 2 is 1.32 bits per heavy atom. The predicted octanol–water partition coefficient (Wildman–Crippen LogP) is -2.19. The number of carbonyl (C=O) groups is 3. The highest BCUT2D eigenvalue weighted by Gasteiger charge is 2.39. The molecule has 2 unspecified atom stereocenters. The van der Waals surface area contributed by atoms with Crippen molar-refractivity contribution in [2.75, 3.05) is 6.54 Å². The molecule has 2 aromatic rings.